The standard InChI is InChI=1S/C23H29N7O4/c1-15-18(13-34-20(15)32)29-11-8-23(21(29)33)6-9-28(10-7-23)22(2,3)19(31)17-5-4-16(12-24-17)30-14-25-26-27-30/h4-5,12,14,19,31H,6-11,13H2,1-3H3/t19-/m1/s1. The predicted molar refractivity (Wildman–Crippen MR) is 119 cm³/mol. The van der Waals surface area contributed by atoms with Gasteiger partial charge in [0.15, 0.2) is 0 Å². The number of aliphatic hydroxyl groups excluding tert-OH is 1. The number of likely N-dealkylation sites (tertiary alicyclic amines) is 2. The fourth-order valence-electron chi connectivity index (χ4n) is 5.31. The number of rotatable bonds is 5. The third-order valence-corrected chi connectivity index (χ3v) is 7.79. The van der Waals surface area contributed by atoms with Gasteiger partial charge in [0, 0.05) is 12.1 Å². The predicted octanol–water partition coefficient (Wildman–Crippen LogP) is 1.01. The number of aromatic nitrogens is 5. The molecule has 5 rings (SSSR count). The zero-order valence-electron chi connectivity index (χ0n) is 19.6. The molecule has 3 aliphatic rings. The second kappa shape index (κ2) is 8.24. The minimum Gasteiger partial charge on any atom is -0.456 e. The van der Waals surface area contributed by atoms with Crippen LogP contribution in [0.5, 0.6) is 0 Å². The Balaban J connectivity index is 1.26. The van der Waals surface area contributed by atoms with Crippen LogP contribution >= 0.6 is 0 Å². The number of pyridine rings is 1. The average Bonchev–Trinajstić information content (AvgIpc) is 3.56. The van der Waals surface area contributed by atoms with Crippen LogP contribution in [0.25, 0.3) is 5.69 Å². The van der Waals surface area contributed by atoms with Crippen molar-refractivity contribution in [3.63, 3.8) is 0 Å². The molecule has 2 aromatic heterocycles. The maximum absolute atomic E-state index is 13.4. The van der Waals surface area contributed by atoms with E-state index in [-0.39, 0.29) is 18.5 Å². The van der Waals surface area contributed by atoms with Gasteiger partial charge in [-0.05, 0) is 75.7 Å². The van der Waals surface area contributed by atoms with Gasteiger partial charge in [-0.3, -0.25) is 14.7 Å². The highest BCUT2D eigenvalue weighted by atomic mass is 16.5. The third-order valence-electron chi connectivity index (χ3n) is 7.79. The van der Waals surface area contributed by atoms with Crippen LogP contribution in [0.15, 0.2) is 35.9 Å². The molecule has 1 spiro atoms. The molecule has 1 N–H and O–H groups in total. The molecule has 2 saturated heterocycles. The molecular formula is C23H29N7O4. The van der Waals surface area contributed by atoms with E-state index in [9.17, 15) is 14.7 Å². The van der Waals surface area contributed by atoms with Crippen LogP contribution in [0, 0.1) is 5.41 Å². The topological polar surface area (TPSA) is 127 Å². The average molecular weight is 468 g/mol. The van der Waals surface area contributed by atoms with Gasteiger partial charge in [-0.15, -0.1) is 5.10 Å². The molecule has 34 heavy (non-hydrogen) atoms. The highest BCUT2D eigenvalue weighted by molar-refractivity contribution is 5.94. The summed E-state index contributed by atoms with van der Waals surface area (Å²) < 4.78 is 6.62. The summed E-state index contributed by atoms with van der Waals surface area (Å²) in [6, 6.07) is 3.61. The van der Waals surface area contributed by atoms with E-state index in [1.54, 1.807) is 24.1 Å². The maximum atomic E-state index is 13.4. The normalized spacial score (nSPS) is 22.1. The number of cyclic esters (lactones) is 1. The number of piperidine rings is 1. The molecule has 1 atom stereocenters. The molecule has 0 aromatic carbocycles. The monoisotopic (exact) mass is 467 g/mol. The van der Waals surface area contributed by atoms with Gasteiger partial charge in [-0.25, -0.2) is 4.79 Å². The van der Waals surface area contributed by atoms with Gasteiger partial charge in [0.05, 0.1) is 34.3 Å². The van der Waals surface area contributed by atoms with Crippen LogP contribution in [0.3, 0.4) is 0 Å². The number of hydrogen-bond acceptors (Lipinski definition) is 9. The number of carbonyl (C=O) groups is 2. The lowest BCUT2D eigenvalue weighted by Gasteiger charge is -2.47. The van der Waals surface area contributed by atoms with Crippen molar-refractivity contribution >= 4 is 11.9 Å². The fourth-order valence-corrected chi connectivity index (χ4v) is 5.31. The SMILES string of the molecule is CC1=C(N2CCC3(CCN(C(C)(C)[C@H](O)c4ccc(-n5cnnn5)cn4)CC3)C2=O)COC1=O. The summed E-state index contributed by atoms with van der Waals surface area (Å²) in [6.45, 7) is 7.91. The zero-order chi connectivity index (χ0) is 24.1. The van der Waals surface area contributed by atoms with Crippen molar-refractivity contribution in [1.29, 1.82) is 0 Å². The van der Waals surface area contributed by atoms with Gasteiger partial charge in [0.2, 0.25) is 5.91 Å². The molecule has 2 aromatic rings. The zero-order valence-corrected chi connectivity index (χ0v) is 19.6. The number of aliphatic hydroxyl groups is 1. The van der Waals surface area contributed by atoms with Crippen molar-refractivity contribution in [3.05, 3.63) is 41.6 Å². The van der Waals surface area contributed by atoms with Crippen molar-refractivity contribution < 1.29 is 19.4 Å². The first-order chi connectivity index (χ1) is 16.2. The van der Waals surface area contributed by atoms with Crippen LogP contribution in [0.4, 0.5) is 0 Å². The molecule has 11 heteroatoms. The van der Waals surface area contributed by atoms with Gasteiger partial charge in [0.1, 0.15) is 19.0 Å². The van der Waals surface area contributed by atoms with E-state index in [0.717, 1.165) is 6.42 Å². The summed E-state index contributed by atoms with van der Waals surface area (Å²) in [5.41, 5.74) is 1.53. The Hall–Kier alpha value is -3.18. The van der Waals surface area contributed by atoms with E-state index in [0.29, 0.717) is 55.1 Å². The van der Waals surface area contributed by atoms with Crippen LogP contribution in [0.1, 0.15) is 51.8 Å². The van der Waals surface area contributed by atoms with E-state index >= 15 is 0 Å². The number of amides is 1. The summed E-state index contributed by atoms with van der Waals surface area (Å²) in [4.78, 5) is 33.6. The summed E-state index contributed by atoms with van der Waals surface area (Å²) in [5, 5.41) is 22.3. The summed E-state index contributed by atoms with van der Waals surface area (Å²) in [7, 11) is 0. The first-order valence-corrected chi connectivity index (χ1v) is 11.5. The lowest BCUT2D eigenvalue weighted by molar-refractivity contribution is -0.140. The summed E-state index contributed by atoms with van der Waals surface area (Å²) >= 11 is 0. The first kappa shape index (κ1) is 22.6. The number of ether oxygens (including phenoxy) is 1. The van der Waals surface area contributed by atoms with E-state index in [4.69, 9.17) is 4.74 Å². The molecule has 0 unspecified atom stereocenters. The minimum absolute atomic E-state index is 0.0954. The summed E-state index contributed by atoms with van der Waals surface area (Å²) in [5.74, 6) is -0.244. The number of tetrazole rings is 1. The molecule has 2 fully saturated rings. The molecule has 0 radical (unpaired) electrons. The van der Waals surface area contributed by atoms with Gasteiger partial charge >= 0.3 is 5.97 Å². The molecule has 5 heterocycles. The lowest BCUT2D eigenvalue weighted by Crippen LogP contribution is -2.54. The van der Waals surface area contributed by atoms with Crippen LogP contribution < -0.4 is 0 Å². The van der Waals surface area contributed by atoms with E-state index < -0.39 is 17.1 Å². The molecule has 180 valence electrons. The van der Waals surface area contributed by atoms with Crippen molar-refractivity contribution in [2.75, 3.05) is 26.2 Å². The molecule has 1 amide bonds. The van der Waals surface area contributed by atoms with Gasteiger partial charge < -0.3 is 14.7 Å². The van der Waals surface area contributed by atoms with Crippen molar-refractivity contribution in [2.45, 2.75) is 51.7 Å². The van der Waals surface area contributed by atoms with Crippen molar-refractivity contribution in [1.82, 2.24) is 35.0 Å². The molecular weight excluding hydrogens is 438 g/mol. The number of carbonyl (C=O) groups excluding carboxylic acids is 2. The highest BCUT2D eigenvalue weighted by Crippen LogP contribution is 2.45. The van der Waals surface area contributed by atoms with Crippen LogP contribution in [-0.2, 0) is 14.3 Å². The Labute approximate surface area is 197 Å². The Kier molecular flexibility index (Phi) is 5.48. The van der Waals surface area contributed by atoms with E-state index in [1.807, 2.05) is 19.9 Å². The second-order valence-corrected chi connectivity index (χ2v) is 9.87. The Morgan fingerprint density at radius 1 is 1.15 bits per heavy atom. The Morgan fingerprint density at radius 2 is 1.88 bits per heavy atom. The Bertz CT molecular complexity index is 1120. The van der Waals surface area contributed by atoms with Gasteiger partial charge in [-0.2, -0.15) is 4.68 Å². The smallest absolute Gasteiger partial charge is 0.336 e. The summed E-state index contributed by atoms with van der Waals surface area (Å²) in [6.07, 6.45) is 4.51. The van der Waals surface area contributed by atoms with Crippen LogP contribution in [-0.4, -0.2) is 83.8 Å². The molecule has 11 nitrogen and oxygen atoms in total. The van der Waals surface area contributed by atoms with E-state index in [1.165, 1.54) is 11.0 Å². The van der Waals surface area contributed by atoms with Gasteiger partial charge in [0.25, 0.3) is 0 Å². The largest absolute Gasteiger partial charge is 0.456 e. The quantitative estimate of drug-likeness (QED) is 0.641. The molecule has 0 aliphatic carbocycles. The molecule has 3 aliphatic heterocycles. The Morgan fingerprint density at radius 3 is 2.47 bits per heavy atom. The first-order valence-electron chi connectivity index (χ1n) is 11.5. The molecule has 0 saturated carbocycles. The number of nitrogens with zero attached hydrogens (tertiary/aromatic N) is 7. The van der Waals surface area contributed by atoms with Crippen molar-refractivity contribution in [2.24, 2.45) is 5.41 Å². The van der Waals surface area contributed by atoms with Crippen molar-refractivity contribution in [3.8, 4) is 5.69 Å². The third kappa shape index (κ3) is 3.59. The van der Waals surface area contributed by atoms with E-state index in [2.05, 4.69) is 25.4 Å². The fraction of sp³-hybridized carbons (Fsp3) is 0.565. The number of hydrogen-bond donors (Lipinski definition) is 1. The number of esters is 1. The van der Waals surface area contributed by atoms with Crippen LogP contribution in [0.2, 0.25) is 0 Å². The second-order valence-electron chi connectivity index (χ2n) is 9.87. The van der Waals surface area contributed by atoms with Gasteiger partial charge in [-0.1, -0.05) is 0 Å². The highest BCUT2D eigenvalue weighted by Gasteiger charge is 2.51. The minimum atomic E-state index is -0.810. The maximum Gasteiger partial charge on any atom is 0.336 e. The lowest BCUT2D eigenvalue weighted by atomic mass is 9.75. The molecule has 0 bridgehead atoms.